The molecule has 8 nitrogen and oxygen atoms in total. The first-order chi connectivity index (χ1) is 15.4. The van der Waals surface area contributed by atoms with E-state index in [1.165, 1.54) is 0 Å². The van der Waals surface area contributed by atoms with Gasteiger partial charge in [-0.2, -0.15) is 0 Å². The predicted molar refractivity (Wildman–Crippen MR) is 121 cm³/mol. The molecule has 0 amide bonds. The highest BCUT2D eigenvalue weighted by Gasteiger charge is 2.24. The molecule has 0 fully saturated rings. The number of aliphatic hydroxyl groups excluding tert-OH is 1. The highest BCUT2D eigenvalue weighted by atomic mass is 16.7. The molecule has 0 saturated carbocycles. The standard InChI is InChI=1S/C24H33NO7/c1-4-28-15-30-21-13-18-12-19(25)9-7-11-20(26)10-6-8-17(3)32-24(27)23(18)22(14-21)31-16-29-5-2/h6-7,9-10,13-14,17,20,25-26H,4-5,8,11-12,15-16H2,1-3H3/b9-7+,10-6+,25-19?/t17-,20?/m1/s1. The molecule has 0 radical (unpaired) electrons. The molecule has 1 aliphatic heterocycles. The van der Waals surface area contributed by atoms with Crippen LogP contribution in [-0.2, 0) is 20.6 Å². The Hall–Kier alpha value is -2.68. The Bertz CT molecular complexity index is 819. The molecule has 1 aromatic carbocycles. The maximum Gasteiger partial charge on any atom is 0.342 e. The second-order valence-electron chi connectivity index (χ2n) is 7.25. The molecule has 2 atom stereocenters. The number of nitrogens with one attached hydrogen (secondary N) is 1. The van der Waals surface area contributed by atoms with Crippen molar-refractivity contribution in [1.82, 2.24) is 0 Å². The molecule has 2 N–H and O–H groups in total. The van der Waals surface area contributed by atoms with Gasteiger partial charge in [0.15, 0.2) is 13.6 Å². The number of esters is 1. The maximum absolute atomic E-state index is 13.1. The van der Waals surface area contributed by atoms with Crippen LogP contribution in [0.25, 0.3) is 0 Å². The number of ether oxygens (including phenoxy) is 5. The number of carbonyl (C=O) groups is 1. The van der Waals surface area contributed by atoms with E-state index in [0.717, 1.165) is 0 Å². The second-order valence-corrected chi connectivity index (χ2v) is 7.25. The average Bonchev–Trinajstić information content (AvgIpc) is 2.73. The normalized spacial score (nSPS) is 21.8. The molecule has 1 unspecified atom stereocenters. The topological polar surface area (TPSA) is 107 Å². The van der Waals surface area contributed by atoms with Crippen molar-refractivity contribution >= 4 is 11.7 Å². The molecular weight excluding hydrogens is 414 g/mol. The Kier molecular flexibility index (Phi) is 10.9. The van der Waals surface area contributed by atoms with Crippen LogP contribution in [0.5, 0.6) is 11.5 Å². The maximum atomic E-state index is 13.1. The van der Waals surface area contributed by atoms with Crippen LogP contribution in [0.15, 0.2) is 36.4 Å². The van der Waals surface area contributed by atoms with Crippen LogP contribution >= 0.6 is 0 Å². The lowest BCUT2D eigenvalue weighted by Gasteiger charge is -2.19. The fourth-order valence-electron chi connectivity index (χ4n) is 3.00. The van der Waals surface area contributed by atoms with Gasteiger partial charge < -0.3 is 34.2 Å². The van der Waals surface area contributed by atoms with Crippen molar-refractivity contribution in [2.75, 3.05) is 26.8 Å². The van der Waals surface area contributed by atoms with Gasteiger partial charge in [-0.1, -0.05) is 18.2 Å². The summed E-state index contributed by atoms with van der Waals surface area (Å²) < 4.78 is 27.6. The number of rotatable bonds is 8. The van der Waals surface area contributed by atoms with Gasteiger partial charge in [0, 0.05) is 37.8 Å². The summed E-state index contributed by atoms with van der Waals surface area (Å²) in [6, 6.07) is 3.29. The van der Waals surface area contributed by atoms with Gasteiger partial charge in [0.1, 0.15) is 23.2 Å². The number of hydrogen-bond donors (Lipinski definition) is 2. The molecule has 32 heavy (non-hydrogen) atoms. The van der Waals surface area contributed by atoms with E-state index >= 15 is 0 Å². The Labute approximate surface area is 189 Å². The van der Waals surface area contributed by atoms with Crippen molar-refractivity contribution in [3.8, 4) is 11.5 Å². The van der Waals surface area contributed by atoms with Crippen LogP contribution < -0.4 is 9.47 Å². The third-order valence-electron chi connectivity index (χ3n) is 4.59. The number of benzene rings is 1. The lowest BCUT2D eigenvalue weighted by Crippen LogP contribution is -2.19. The van der Waals surface area contributed by atoms with Crippen molar-refractivity contribution in [2.24, 2.45) is 0 Å². The minimum Gasteiger partial charge on any atom is -0.467 e. The first-order valence-corrected chi connectivity index (χ1v) is 10.8. The molecule has 0 aliphatic carbocycles. The smallest absolute Gasteiger partial charge is 0.342 e. The highest BCUT2D eigenvalue weighted by Crippen LogP contribution is 2.31. The molecular formula is C24H33NO7. The van der Waals surface area contributed by atoms with Crippen molar-refractivity contribution in [3.05, 3.63) is 47.6 Å². The number of fused-ring (bicyclic) bond motifs is 1. The first kappa shape index (κ1) is 25.6. The van der Waals surface area contributed by atoms with Gasteiger partial charge in [-0.3, -0.25) is 0 Å². The van der Waals surface area contributed by atoms with Crippen molar-refractivity contribution in [1.29, 1.82) is 5.41 Å². The van der Waals surface area contributed by atoms with Crippen LogP contribution in [0.3, 0.4) is 0 Å². The lowest BCUT2D eigenvalue weighted by atomic mass is 9.99. The largest absolute Gasteiger partial charge is 0.467 e. The van der Waals surface area contributed by atoms with Crippen LogP contribution in [0.1, 0.15) is 49.5 Å². The van der Waals surface area contributed by atoms with Crippen LogP contribution in [0.4, 0.5) is 0 Å². The Balaban J connectivity index is 2.46. The van der Waals surface area contributed by atoms with E-state index in [0.29, 0.717) is 37.4 Å². The molecule has 2 rings (SSSR count). The van der Waals surface area contributed by atoms with Crippen LogP contribution in [0.2, 0.25) is 0 Å². The quantitative estimate of drug-likeness (QED) is 0.270. The Morgan fingerprint density at radius 2 is 1.81 bits per heavy atom. The zero-order valence-corrected chi connectivity index (χ0v) is 19.0. The zero-order valence-electron chi connectivity index (χ0n) is 19.0. The van der Waals surface area contributed by atoms with Crippen molar-refractivity contribution < 1.29 is 33.6 Å². The average molecular weight is 448 g/mol. The number of carbonyl (C=O) groups excluding carboxylic acids is 1. The van der Waals surface area contributed by atoms with Crippen molar-refractivity contribution in [3.63, 3.8) is 0 Å². The van der Waals surface area contributed by atoms with Gasteiger partial charge in [-0.15, -0.1) is 0 Å². The minimum atomic E-state index is -0.658. The zero-order chi connectivity index (χ0) is 23.3. The molecule has 8 heteroatoms. The van der Waals surface area contributed by atoms with E-state index < -0.39 is 18.2 Å². The number of allylic oxidation sites excluding steroid dienone is 1. The van der Waals surface area contributed by atoms with Gasteiger partial charge in [0.2, 0.25) is 0 Å². The minimum absolute atomic E-state index is 0.0430. The monoisotopic (exact) mass is 447 g/mol. The molecule has 176 valence electrons. The van der Waals surface area contributed by atoms with E-state index in [2.05, 4.69) is 0 Å². The van der Waals surface area contributed by atoms with Gasteiger partial charge in [-0.05, 0) is 44.9 Å². The first-order valence-electron chi connectivity index (χ1n) is 10.8. The predicted octanol–water partition coefficient (Wildman–Crippen LogP) is 3.81. The van der Waals surface area contributed by atoms with E-state index in [1.807, 2.05) is 13.8 Å². The second kappa shape index (κ2) is 13.7. The summed E-state index contributed by atoms with van der Waals surface area (Å²) in [5.41, 5.74) is 1.03. The van der Waals surface area contributed by atoms with E-state index in [4.69, 9.17) is 29.1 Å². The molecule has 0 saturated heterocycles. The SMILES string of the molecule is CCOCOc1cc2c(c(OCOCC)c1)C(=O)O[C@H](C)C/C=C/C(O)C/C=C/C(=N)C2. The summed E-state index contributed by atoms with van der Waals surface area (Å²) in [5, 5.41) is 18.3. The molecule has 1 heterocycles. The van der Waals surface area contributed by atoms with Crippen LogP contribution in [-0.4, -0.2) is 55.8 Å². The van der Waals surface area contributed by atoms with E-state index in [1.54, 1.807) is 43.4 Å². The molecule has 0 spiro atoms. The van der Waals surface area contributed by atoms with Gasteiger partial charge in [0.25, 0.3) is 0 Å². The molecule has 0 aromatic heterocycles. The summed E-state index contributed by atoms with van der Waals surface area (Å²) in [5.74, 6) is 0.147. The number of cyclic esters (lactones) is 1. The highest BCUT2D eigenvalue weighted by molar-refractivity contribution is 5.99. The summed E-state index contributed by atoms with van der Waals surface area (Å²) in [7, 11) is 0. The molecule has 1 aliphatic rings. The van der Waals surface area contributed by atoms with Gasteiger partial charge in [-0.25, -0.2) is 4.79 Å². The molecule has 0 bridgehead atoms. The summed E-state index contributed by atoms with van der Waals surface area (Å²) >= 11 is 0. The lowest BCUT2D eigenvalue weighted by molar-refractivity contribution is 0.0161. The van der Waals surface area contributed by atoms with Crippen molar-refractivity contribution in [2.45, 2.75) is 52.2 Å². The molecule has 1 aromatic rings. The summed E-state index contributed by atoms with van der Waals surface area (Å²) in [6.45, 7) is 6.44. The number of hydrogen-bond acceptors (Lipinski definition) is 8. The van der Waals surface area contributed by atoms with E-state index in [9.17, 15) is 9.90 Å². The summed E-state index contributed by atoms with van der Waals surface area (Å²) in [6.07, 6.45) is 6.74. The third kappa shape index (κ3) is 8.45. The van der Waals surface area contributed by atoms with Gasteiger partial charge >= 0.3 is 5.97 Å². The fraction of sp³-hybridized carbons (Fsp3) is 0.500. The number of aliphatic hydroxyl groups is 1. The van der Waals surface area contributed by atoms with Crippen LogP contribution in [0, 0.1) is 5.41 Å². The summed E-state index contributed by atoms with van der Waals surface area (Å²) in [4.78, 5) is 13.1. The van der Waals surface area contributed by atoms with E-state index in [-0.39, 0.29) is 37.0 Å². The Morgan fingerprint density at radius 3 is 2.53 bits per heavy atom. The third-order valence-corrected chi connectivity index (χ3v) is 4.59. The Morgan fingerprint density at radius 1 is 1.09 bits per heavy atom. The fourth-order valence-corrected chi connectivity index (χ4v) is 3.00. The van der Waals surface area contributed by atoms with Gasteiger partial charge in [0.05, 0.1) is 6.10 Å².